The fraction of sp³-hybridized carbons (Fsp3) is 0.857. The Balaban J connectivity index is 1.20. The highest BCUT2D eigenvalue weighted by atomic mass is 16.6. The Morgan fingerprint density at radius 1 is 0.625 bits per heavy atom. The van der Waals surface area contributed by atoms with Crippen molar-refractivity contribution in [2.45, 2.75) is 32.1 Å². The lowest BCUT2D eigenvalue weighted by Crippen LogP contribution is -2.29. The summed E-state index contributed by atoms with van der Waals surface area (Å²) in [6, 6.07) is 0. The number of aliphatic carboxylic acids is 1. The van der Waals surface area contributed by atoms with E-state index in [0.29, 0.717) is 117 Å². The lowest BCUT2D eigenvalue weighted by atomic mass is 10.1. The van der Waals surface area contributed by atoms with Gasteiger partial charge in [-0.3, -0.25) is 4.79 Å². The molecule has 2 rings (SSSR count). The molecule has 0 saturated heterocycles. The van der Waals surface area contributed by atoms with Crippen LogP contribution in [0.1, 0.15) is 32.1 Å². The van der Waals surface area contributed by atoms with E-state index in [2.05, 4.69) is 17.2 Å². The van der Waals surface area contributed by atoms with Crippen molar-refractivity contribution < 1.29 is 52.6 Å². The van der Waals surface area contributed by atoms with E-state index in [4.69, 9.17) is 43.0 Å². The first-order chi connectivity index (χ1) is 19.7. The van der Waals surface area contributed by atoms with E-state index in [-0.39, 0.29) is 19.1 Å². The summed E-state index contributed by atoms with van der Waals surface area (Å²) in [5.41, 5.74) is 0. The van der Waals surface area contributed by atoms with Gasteiger partial charge < -0.3 is 48.3 Å². The average molecular weight is 574 g/mol. The zero-order chi connectivity index (χ0) is 28.5. The first kappa shape index (κ1) is 34.2. The lowest BCUT2D eigenvalue weighted by Gasteiger charge is -2.09. The van der Waals surface area contributed by atoms with Gasteiger partial charge in [-0.2, -0.15) is 0 Å². The molecule has 12 heteroatoms. The zero-order valence-electron chi connectivity index (χ0n) is 23.6. The second kappa shape index (κ2) is 23.7. The lowest BCUT2D eigenvalue weighted by molar-refractivity contribution is -0.138. The van der Waals surface area contributed by atoms with Gasteiger partial charge in [0.05, 0.1) is 106 Å². The second-order valence-corrected chi connectivity index (χ2v) is 9.38. The van der Waals surface area contributed by atoms with Crippen LogP contribution in [0, 0.1) is 29.6 Å². The number of amides is 1. The van der Waals surface area contributed by atoms with Gasteiger partial charge in [0, 0.05) is 19.4 Å². The fourth-order valence-electron chi connectivity index (χ4n) is 4.31. The first-order valence-electron chi connectivity index (χ1n) is 14.3. The number of carbonyl (C=O) groups is 2. The van der Waals surface area contributed by atoms with Gasteiger partial charge in [0.15, 0.2) is 0 Å². The highest BCUT2D eigenvalue weighted by molar-refractivity contribution is 5.67. The third kappa shape index (κ3) is 18.4. The predicted octanol–water partition coefficient (Wildman–Crippen LogP) is 1.74. The molecule has 1 unspecified atom stereocenters. The number of rotatable bonds is 26. The summed E-state index contributed by atoms with van der Waals surface area (Å²) in [6.07, 6.45) is 3.78. The van der Waals surface area contributed by atoms with Crippen molar-refractivity contribution in [2.24, 2.45) is 17.8 Å². The number of carboxylic acid groups (broad SMARTS) is 1. The summed E-state index contributed by atoms with van der Waals surface area (Å²) in [6.45, 7) is 6.89. The molecule has 0 bridgehead atoms. The molecule has 2 aliphatic rings. The summed E-state index contributed by atoms with van der Waals surface area (Å²) in [5.74, 6) is 7.35. The molecule has 1 fully saturated rings. The van der Waals surface area contributed by atoms with Crippen molar-refractivity contribution in [1.82, 2.24) is 5.32 Å². The molecule has 12 nitrogen and oxygen atoms in total. The maximum atomic E-state index is 11.9. The number of carboxylic acids is 1. The molecule has 0 aliphatic heterocycles. The molecule has 2 N–H and O–H groups in total. The number of nitrogens with one attached hydrogen (secondary N) is 1. The number of fused-ring (bicyclic) bond motifs is 1. The number of carbonyl (C=O) groups excluding carboxylic acids is 1. The summed E-state index contributed by atoms with van der Waals surface area (Å²) in [4.78, 5) is 22.2. The van der Waals surface area contributed by atoms with Crippen LogP contribution in [0.15, 0.2) is 0 Å². The molecular formula is C28H47NO11. The van der Waals surface area contributed by atoms with Gasteiger partial charge in [-0.1, -0.05) is 0 Å². The Labute approximate surface area is 237 Å². The highest BCUT2D eigenvalue weighted by Gasteiger charge is 2.49. The summed E-state index contributed by atoms with van der Waals surface area (Å²) in [7, 11) is 0. The van der Waals surface area contributed by atoms with Crippen LogP contribution in [-0.2, 0) is 42.7 Å². The van der Waals surface area contributed by atoms with Crippen molar-refractivity contribution in [2.75, 3.05) is 106 Å². The van der Waals surface area contributed by atoms with Crippen LogP contribution in [0.5, 0.6) is 0 Å². The largest absolute Gasteiger partial charge is 0.481 e. The molecule has 3 atom stereocenters. The van der Waals surface area contributed by atoms with Gasteiger partial charge in [-0.05, 0) is 30.6 Å². The molecule has 2 aliphatic carbocycles. The molecule has 230 valence electrons. The van der Waals surface area contributed by atoms with Gasteiger partial charge in [0.2, 0.25) is 0 Å². The van der Waals surface area contributed by atoms with Crippen molar-refractivity contribution in [3.05, 3.63) is 0 Å². The van der Waals surface area contributed by atoms with Crippen LogP contribution in [0.25, 0.3) is 0 Å². The third-order valence-electron chi connectivity index (χ3n) is 6.45. The molecule has 0 aromatic rings. The van der Waals surface area contributed by atoms with E-state index in [1.165, 1.54) is 0 Å². The van der Waals surface area contributed by atoms with E-state index < -0.39 is 5.97 Å². The van der Waals surface area contributed by atoms with Crippen LogP contribution in [0.3, 0.4) is 0 Å². The molecule has 1 amide bonds. The van der Waals surface area contributed by atoms with Crippen LogP contribution in [0.2, 0.25) is 0 Å². The molecule has 0 aromatic heterocycles. The van der Waals surface area contributed by atoms with E-state index in [1.54, 1.807) is 0 Å². The Bertz CT molecular complexity index is 709. The molecule has 0 heterocycles. The predicted molar refractivity (Wildman–Crippen MR) is 144 cm³/mol. The van der Waals surface area contributed by atoms with Gasteiger partial charge in [-0.15, -0.1) is 11.8 Å². The molecule has 1 saturated carbocycles. The number of ether oxygens (including phenoxy) is 8. The Morgan fingerprint density at radius 2 is 1.02 bits per heavy atom. The van der Waals surface area contributed by atoms with Crippen molar-refractivity contribution in [3.8, 4) is 11.8 Å². The number of hydrogen-bond donors (Lipinski definition) is 2. The van der Waals surface area contributed by atoms with Crippen LogP contribution >= 0.6 is 0 Å². The van der Waals surface area contributed by atoms with E-state index in [0.717, 1.165) is 25.7 Å². The number of alkyl carbamates (subject to hydrolysis) is 1. The quantitative estimate of drug-likeness (QED) is 0.116. The minimum Gasteiger partial charge on any atom is -0.481 e. The van der Waals surface area contributed by atoms with Crippen molar-refractivity contribution in [1.29, 1.82) is 0 Å². The van der Waals surface area contributed by atoms with Gasteiger partial charge in [0.25, 0.3) is 0 Å². The standard InChI is InChI=1S/C28H47NO11/c30-27(31)7-9-33-11-13-35-15-17-37-19-21-39-22-20-38-18-16-36-14-12-34-10-8-29-28(32)40-23-26-24-5-3-1-2-4-6-25(24)26/h24-26H,3-23H2,(H,29,32)(H,30,31)/t24-,25+,26?. The SMILES string of the molecule is O=C(O)CCOCCOCCOCCOCCOCCOCCOCCNC(=O)OCC1[C@H]2CCC#CCC[C@@H]12. The molecule has 0 spiro atoms. The average Bonchev–Trinajstić information content (AvgIpc) is 3.58. The van der Waals surface area contributed by atoms with Gasteiger partial charge >= 0.3 is 12.1 Å². The second-order valence-electron chi connectivity index (χ2n) is 9.38. The maximum absolute atomic E-state index is 11.9. The minimum absolute atomic E-state index is 0.00317. The minimum atomic E-state index is -0.875. The maximum Gasteiger partial charge on any atom is 0.407 e. The van der Waals surface area contributed by atoms with Gasteiger partial charge in [-0.25, -0.2) is 4.79 Å². The topological polar surface area (TPSA) is 140 Å². The molecule has 40 heavy (non-hydrogen) atoms. The highest BCUT2D eigenvalue weighted by Crippen LogP contribution is 2.52. The Kier molecular flexibility index (Phi) is 20.3. The normalized spacial score (nSPS) is 19.6. The molecule has 0 radical (unpaired) electrons. The van der Waals surface area contributed by atoms with E-state index >= 15 is 0 Å². The Hall–Kier alpha value is -1.98. The molecular weight excluding hydrogens is 526 g/mol. The monoisotopic (exact) mass is 573 g/mol. The van der Waals surface area contributed by atoms with Crippen molar-refractivity contribution in [3.63, 3.8) is 0 Å². The molecule has 0 aromatic carbocycles. The zero-order valence-corrected chi connectivity index (χ0v) is 23.6. The first-order valence-corrected chi connectivity index (χ1v) is 14.3. The summed E-state index contributed by atoms with van der Waals surface area (Å²) in [5, 5.41) is 11.2. The van der Waals surface area contributed by atoms with Crippen LogP contribution < -0.4 is 5.32 Å². The van der Waals surface area contributed by atoms with E-state index in [9.17, 15) is 9.59 Å². The van der Waals surface area contributed by atoms with E-state index in [1.807, 2.05) is 0 Å². The van der Waals surface area contributed by atoms with Crippen molar-refractivity contribution >= 4 is 12.1 Å². The smallest absolute Gasteiger partial charge is 0.407 e. The fourth-order valence-corrected chi connectivity index (χ4v) is 4.31. The Morgan fingerprint density at radius 3 is 1.45 bits per heavy atom. The third-order valence-corrected chi connectivity index (χ3v) is 6.45. The number of hydrogen-bond acceptors (Lipinski definition) is 10. The summed E-state index contributed by atoms with van der Waals surface area (Å²) < 4.78 is 42.9. The van der Waals surface area contributed by atoms with Crippen LogP contribution in [-0.4, -0.2) is 123 Å². The summed E-state index contributed by atoms with van der Waals surface area (Å²) >= 11 is 0. The van der Waals surface area contributed by atoms with Crippen LogP contribution in [0.4, 0.5) is 4.79 Å². The van der Waals surface area contributed by atoms with Gasteiger partial charge in [0.1, 0.15) is 0 Å².